The molecule has 7 N–H and O–H groups in total. The SMILES string of the molecule is Nc1cc(C2(c3ccc(O)c(N)c3)C3CC4CC2CC(C(=O)O)(C4)C3)ccc1O. The molecule has 2 aromatic carbocycles. The molecule has 4 saturated carbocycles. The fourth-order valence-corrected chi connectivity index (χ4v) is 7.00. The van der Waals surface area contributed by atoms with Crippen LogP contribution in [-0.2, 0) is 10.2 Å². The lowest BCUT2D eigenvalue weighted by atomic mass is 9.38. The van der Waals surface area contributed by atoms with E-state index >= 15 is 0 Å². The van der Waals surface area contributed by atoms with Gasteiger partial charge in [0.15, 0.2) is 0 Å². The highest BCUT2D eigenvalue weighted by molar-refractivity contribution is 5.76. The molecule has 2 unspecified atom stereocenters. The van der Waals surface area contributed by atoms with Gasteiger partial charge in [0.05, 0.1) is 16.8 Å². The first-order valence-corrected chi connectivity index (χ1v) is 10.2. The monoisotopic (exact) mass is 394 g/mol. The topological polar surface area (TPSA) is 130 Å². The van der Waals surface area contributed by atoms with Gasteiger partial charge in [0.2, 0.25) is 0 Å². The molecule has 29 heavy (non-hydrogen) atoms. The summed E-state index contributed by atoms with van der Waals surface area (Å²) in [6.45, 7) is 0. The number of nitrogen functional groups attached to an aromatic ring is 2. The molecule has 0 amide bonds. The van der Waals surface area contributed by atoms with Crippen LogP contribution in [0.5, 0.6) is 11.5 Å². The van der Waals surface area contributed by atoms with Crippen molar-refractivity contribution in [2.45, 2.75) is 37.5 Å². The number of anilines is 2. The van der Waals surface area contributed by atoms with Crippen LogP contribution in [0.4, 0.5) is 11.4 Å². The Morgan fingerprint density at radius 2 is 1.34 bits per heavy atom. The zero-order valence-electron chi connectivity index (χ0n) is 16.1. The first kappa shape index (κ1) is 18.2. The van der Waals surface area contributed by atoms with Crippen molar-refractivity contribution < 1.29 is 20.1 Å². The van der Waals surface area contributed by atoms with Crippen LogP contribution in [0.1, 0.15) is 43.2 Å². The standard InChI is InChI=1S/C23H26N2O4/c24-17-7-13(1-3-19(17)26)23(14-2-4-20(27)18(25)8-14)15-5-12-6-16(23)11-22(9-12,10-15)21(28)29/h1-4,7-8,12,15-16,26-27H,5-6,9-11,24-25H2,(H,28,29). The maximum Gasteiger partial charge on any atom is 0.309 e. The van der Waals surface area contributed by atoms with Crippen molar-refractivity contribution in [2.24, 2.45) is 23.2 Å². The predicted octanol–water partition coefficient (Wildman–Crippen LogP) is 3.46. The van der Waals surface area contributed by atoms with Crippen molar-refractivity contribution in [1.82, 2.24) is 0 Å². The molecule has 0 aromatic heterocycles. The summed E-state index contributed by atoms with van der Waals surface area (Å²) < 4.78 is 0. The lowest BCUT2D eigenvalue weighted by molar-refractivity contribution is -0.171. The summed E-state index contributed by atoms with van der Waals surface area (Å²) in [5.74, 6) is 0.0944. The molecular weight excluding hydrogens is 368 g/mol. The number of phenols is 2. The average Bonchev–Trinajstić information content (AvgIpc) is 2.66. The summed E-state index contributed by atoms with van der Waals surface area (Å²) in [6.07, 6.45) is 3.94. The van der Waals surface area contributed by atoms with Crippen LogP contribution in [0, 0.1) is 23.2 Å². The maximum absolute atomic E-state index is 12.2. The van der Waals surface area contributed by atoms with E-state index in [4.69, 9.17) is 11.5 Å². The minimum absolute atomic E-state index is 0.0416. The number of aliphatic carboxylic acids is 1. The van der Waals surface area contributed by atoms with Gasteiger partial charge in [0.1, 0.15) is 11.5 Å². The van der Waals surface area contributed by atoms with Crippen molar-refractivity contribution in [3.05, 3.63) is 47.5 Å². The van der Waals surface area contributed by atoms with E-state index in [-0.39, 0.29) is 23.3 Å². The number of carbonyl (C=O) groups is 1. The summed E-state index contributed by atoms with van der Waals surface area (Å²) in [6, 6.07) is 10.7. The second-order valence-electron chi connectivity index (χ2n) is 9.35. The third-order valence-corrected chi connectivity index (χ3v) is 7.94. The zero-order valence-corrected chi connectivity index (χ0v) is 16.1. The van der Waals surface area contributed by atoms with Crippen molar-refractivity contribution >= 4 is 17.3 Å². The van der Waals surface area contributed by atoms with Gasteiger partial charge in [-0.15, -0.1) is 0 Å². The van der Waals surface area contributed by atoms with E-state index in [9.17, 15) is 20.1 Å². The second-order valence-corrected chi connectivity index (χ2v) is 9.35. The number of carboxylic acid groups (broad SMARTS) is 1. The van der Waals surface area contributed by atoms with E-state index in [2.05, 4.69) is 0 Å². The Kier molecular flexibility index (Phi) is 3.64. The Morgan fingerprint density at radius 3 is 1.76 bits per heavy atom. The van der Waals surface area contributed by atoms with E-state index < -0.39 is 16.8 Å². The summed E-state index contributed by atoms with van der Waals surface area (Å²) >= 11 is 0. The van der Waals surface area contributed by atoms with Gasteiger partial charge >= 0.3 is 5.97 Å². The Labute approximate surface area is 169 Å². The number of benzene rings is 2. The van der Waals surface area contributed by atoms with Gasteiger partial charge in [-0.05, 0) is 85.3 Å². The molecule has 0 aliphatic heterocycles. The van der Waals surface area contributed by atoms with Crippen LogP contribution in [-0.4, -0.2) is 21.3 Å². The van der Waals surface area contributed by atoms with Crippen LogP contribution >= 0.6 is 0 Å². The van der Waals surface area contributed by atoms with E-state index in [0.717, 1.165) is 30.4 Å². The summed E-state index contributed by atoms with van der Waals surface area (Å²) in [4.78, 5) is 12.2. The highest BCUT2D eigenvalue weighted by Gasteiger charge is 2.65. The van der Waals surface area contributed by atoms with Gasteiger partial charge in [-0.3, -0.25) is 4.79 Å². The predicted molar refractivity (Wildman–Crippen MR) is 109 cm³/mol. The number of phenolic OH excluding ortho intramolecular Hbond substituents is 2. The lowest BCUT2D eigenvalue weighted by Gasteiger charge is -2.64. The smallest absolute Gasteiger partial charge is 0.309 e. The molecule has 152 valence electrons. The quantitative estimate of drug-likeness (QED) is 0.400. The largest absolute Gasteiger partial charge is 0.506 e. The fraction of sp³-hybridized carbons (Fsp3) is 0.435. The van der Waals surface area contributed by atoms with Gasteiger partial charge in [-0.1, -0.05) is 12.1 Å². The highest BCUT2D eigenvalue weighted by atomic mass is 16.4. The van der Waals surface area contributed by atoms with Gasteiger partial charge in [0.25, 0.3) is 0 Å². The average molecular weight is 394 g/mol. The molecule has 6 nitrogen and oxygen atoms in total. The molecule has 4 aliphatic rings. The Bertz CT molecular complexity index is 948. The number of nitrogens with two attached hydrogens (primary N) is 2. The number of carboxylic acids is 1. The van der Waals surface area contributed by atoms with Gasteiger partial charge in [-0.2, -0.15) is 0 Å². The fourth-order valence-electron chi connectivity index (χ4n) is 7.00. The third-order valence-electron chi connectivity index (χ3n) is 7.94. The third kappa shape index (κ3) is 2.32. The molecule has 0 heterocycles. The van der Waals surface area contributed by atoms with E-state index in [1.54, 1.807) is 12.1 Å². The molecule has 2 atom stereocenters. The molecule has 6 heteroatoms. The molecule has 6 rings (SSSR count). The van der Waals surface area contributed by atoms with Crippen LogP contribution in [0.15, 0.2) is 36.4 Å². The summed E-state index contributed by atoms with van der Waals surface area (Å²) in [5.41, 5.74) is 13.7. The van der Waals surface area contributed by atoms with Gasteiger partial charge < -0.3 is 26.8 Å². The molecule has 2 aromatic rings. The van der Waals surface area contributed by atoms with E-state index in [0.29, 0.717) is 30.1 Å². The molecule has 4 fully saturated rings. The van der Waals surface area contributed by atoms with Crippen molar-refractivity contribution in [3.63, 3.8) is 0 Å². The Morgan fingerprint density at radius 1 is 0.862 bits per heavy atom. The van der Waals surface area contributed by atoms with Crippen LogP contribution in [0.3, 0.4) is 0 Å². The molecule has 4 aliphatic carbocycles. The second kappa shape index (κ2) is 5.81. The lowest BCUT2D eigenvalue weighted by Crippen LogP contribution is -2.61. The molecule has 0 spiro atoms. The van der Waals surface area contributed by atoms with Gasteiger partial charge in [0, 0.05) is 5.41 Å². The first-order chi connectivity index (χ1) is 13.8. The van der Waals surface area contributed by atoms with E-state index in [1.807, 2.05) is 24.3 Å². The molecule has 0 radical (unpaired) electrons. The van der Waals surface area contributed by atoms with Crippen molar-refractivity contribution in [2.75, 3.05) is 11.5 Å². The molecular formula is C23H26N2O4. The summed E-state index contributed by atoms with van der Waals surface area (Å²) in [5, 5.41) is 30.0. The van der Waals surface area contributed by atoms with Gasteiger partial charge in [-0.25, -0.2) is 0 Å². The molecule has 0 saturated heterocycles. The number of aromatic hydroxyl groups is 2. The minimum Gasteiger partial charge on any atom is -0.506 e. The van der Waals surface area contributed by atoms with Crippen LogP contribution in [0.2, 0.25) is 0 Å². The molecule has 4 bridgehead atoms. The Balaban J connectivity index is 1.75. The zero-order chi connectivity index (χ0) is 20.6. The number of hydrogen-bond acceptors (Lipinski definition) is 5. The van der Waals surface area contributed by atoms with Crippen molar-refractivity contribution in [3.8, 4) is 11.5 Å². The number of rotatable bonds is 3. The maximum atomic E-state index is 12.2. The van der Waals surface area contributed by atoms with Crippen LogP contribution < -0.4 is 11.5 Å². The normalized spacial score (nSPS) is 31.7. The van der Waals surface area contributed by atoms with Crippen molar-refractivity contribution in [1.29, 1.82) is 0 Å². The summed E-state index contributed by atoms with van der Waals surface area (Å²) in [7, 11) is 0. The number of hydrogen-bond donors (Lipinski definition) is 5. The van der Waals surface area contributed by atoms with E-state index in [1.165, 1.54) is 0 Å². The first-order valence-electron chi connectivity index (χ1n) is 10.2. The minimum atomic E-state index is -0.680. The Hall–Kier alpha value is -2.89. The highest BCUT2D eigenvalue weighted by Crippen LogP contribution is 2.69. The van der Waals surface area contributed by atoms with Crippen LogP contribution in [0.25, 0.3) is 0 Å².